The Hall–Kier alpha value is -1.72. The van der Waals surface area contributed by atoms with Crippen LogP contribution in [0.4, 0.5) is 8.78 Å². The standard InChI is InChI=1S/C15H18F2N2O2/c16-11-7-9(19-5-1-2-6-19)8-12(17)14(11)10-3-4-13(20)18-15(10)21/h7,10,12H,1-6,8H2,(H,18,20,21)/t10-,12?/m1/s1. The van der Waals surface area contributed by atoms with E-state index in [-0.39, 0.29) is 30.7 Å². The number of nitrogens with one attached hydrogen (secondary N) is 1. The third-order valence-electron chi connectivity index (χ3n) is 4.42. The number of alkyl halides is 1. The van der Waals surface area contributed by atoms with Crippen LogP contribution in [-0.2, 0) is 9.59 Å². The summed E-state index contributed by atoms with van der Waals surface area (Å²) in [4.78, 5) is 24.9. The fourth-order valence-electron chi connectivity index (χ4n) is 3.33. The predicted octanol–water partition coefficient (Wildman–Crippen LogP) is 1.98. The van der Waals surface area contributed by atoms with Crippen LogP contribution in [0.1, 0.15) is 32.1 Å². The summed E-state index contributed by atoms with van der Waals surface area (Å²) in [6, 6.07) is 0. The molecular formula is C15H18F2N2O2. The molecule has 0 bridgehead atoms. The van der Waals surface area contributed by atoms with E-state index < -0.39 is 23.8 Å². The van der Waals surface area contributed by atoms with Crippen molar-refractivity contribution in [3.63, 3.8) is 0 Å². The average Bonchev–Trinajstić information content (AvgIpc) is 2.94. The smallest absolute Gasteiger partial charge is 0.233 e. The zero-order chi connectivity index (χ0) is 15.0. The first-order chi connectivity index (χ1) is 10.1. The molecule has 0 aromatic carbocycles. The van der Waals surface area contributed by atoms with Crippen molar-refractivity contribution in [2.24, 2.45) is 5.92 Å². The maximum atomic E-state index is 14.4. The monoisotopic (exact) mass is 296 g/mol. The van der Waals surface area contributed by atoms with E-state index in [1.54, 1.807) is 0 Å². The number of nitrogens with zero attached hydrogens (tertiary/aromatic N) is 1. The molecule has 1 unspecified atom stereocenters. The summed E-state index contributed by atoms with van der Waals surface area (Å²) in [6.07, 6.45) is 2.37. The number of carbonyl (C=O) groups excluding carboxylic acids is 2. The van der Waals surface area contributed by atoms with Crippen LogP contribution < -0.4 is 5.32 Å². The number of hydrogen-bond donors (Lipinski definition) is 1. The van der Waals surface area contributed by atoms with Crippen LogP contribution in [0.25, 0.3) is 0 Å². The van der Waals surface area contributed by atoms with Gasteiger partial charge in [0.05, 0.1) is 5.92 Å². The third-order valence-corrected chi connectivity index (χ3v) is 4.42. The minimum Gasteiger partial charge on any atom is -0.375 e. The van der Waals surface area contributed by atoms with Crippen LogP contribution in [0.5, 0.6) is 0 Å². The summed E-state index contributed by atoms with van der Waals surface area (Å²) in [5.41, 5.74) is 0.580. The molecule has 3 rings (SSSR count). The summed E-state index contributed by atoms with van der Waals surface area (Å²) in [7, 11) is 0. The molecule has 21 heavy (non-hydrogen) atoms. The highest BCUT2D eigenvalue weighted by Crippen LogP contribution is 2.37. The van der Waals surface area contributed by atoms with Gasteiger partial charge in [-0.15, -0.1) is 0 Å². The number of rotatable bonds is 2. The Morgan fingerprint density at radius 2 is 1.95 bits per heavy atom. The molecule has 2 saturated heterocycles. The number of likely N-dealkylation sites (tertiary alicyclic amines) is 1. The van der Waals surface area contributed by atoms with Crippen molar-refractivity contribution in [3.05, 3.63) is 23.2 Å². The molecule has 6 heteroatoms. The van der Waals surface area contributed by atoms with E-state index in [2.05, 4.69) is 5.32 Å². The molecule has 4 nitrogen and oxygen atoms in total. The lowest BCUT2D eigenvalue weighted by Crippen LogP contribution is -2.43. The third kappa shape index (κ3) is 2.71. The normalized spacial score (nSPS) is 30.6. The number of hydrogen-bond acceptors (Lipinski definition) is 3. The van der Waals surface area contributed by atoms with Gasteiger partial charge in [0.25, 0.3) is 0 Å². The Morgan fingerprint density at radius 3 is 2.57 bits per heavy atom. The average molecular weight is 296 g/mol. The van der Waals surface area contributed by atoms with Crippen molar-refractivity contribution in [2.45, 2.75) is 38.3 Å². The number of carbonyl (C=O) groups is 2. The first-order valence-electron chi connectivity index (χ1n) is 7.39. The molecule has 0 saturated carbocycles. The Morgan fingerprint density at radius 1 is 1.24 bits per heavy atom. The zero-order valence-electron chi connectivity index (χ0n) is 11.7. The predicted molar refractivity (Wildman–Crippen MR) is 72.4 cm³/mol. The largest absolute Gasteiger partial charge is 0.375 e. The van der Waals surface area contributed by atoms with Gasteiger partial charge in [-0.3, -0.25) is 14.9 Å². The lowest BCUT2D eigenvalue weighted by Gasteiger charge is -2.31. The molecule has 0 aromatic rings. The maximum Gasteiger partial charge on any atom is 0.233 e. The van der Waals surface area contributed by atoms with Crippen LogP contribution >= 0.6 is 0 Å². The Balaban J connectivity index is 1.85. The molecule has 0 radical (unpaired) electrons. The SMILES string of the molecule is O=C1CC[C@H](C2=C(F)C=C(N3CCCC3)CC2F)C(=O)N1. The molecule has 0 aromatic heterocycles. The van der Waals surface area contributed by atoms with Crippen LogP contribution in [0, 0.1) is 5.92 Å². The van der Waals surface area contributed by atoms with Gasteiger partial charge in [-0.2, -0.15) is 0 Å². The van der Waals surface area contributed by atoms with Gasteiger partial charge in [0, 0.05) is 37.2 Å². The number of halogens is 2. The molecular weight excluding hydrogens is 278 g/mol. The van der Waals surface area contributed by atoms with Gasteiger partial charge in [-0.1, -0.05) is 0 Å². The Bertz CT molecular complexity index is 536. The number of imide groups is 1. The summed E-state index contributed by atoms with van der Waals surface area (Å²) in [5, 5.41) is 2.16. The molecule has 0 spiro atoms. The molecule has 2 amide bonds. The fourth-order valence-corrected chi connectivity index (χ4v) is 3.33. The van der Waals surface area contributed by atoms with Gasteiger partial charge >= 0.3 is 0 Å². The van der Waals surface area contributed by atoms with Crippen molar-refractivity contribution in [3.8, 4) is 0 Å². The summed E-state index contributed by atoms with van der Waals surface area (Å²) < 4.78 is 28.8. The quantitative estimate of drug-likeness (QED) is 0.793. The lowest BCUT2D eigenvalue weighted by atomic mass is 9.83. The maximum absolute atomic E-state index is 14.4. The lowest BCUT2D eigenvalue weighted by molar-refractivity contribution is -0.135. The zero-order valence-corrected chi connectivity index (χ0v) is 11.7. The van der Waals surface area contributed by atoms with Crippen molar-refractivity contribution >= 4 is 11.8 Å². The molecule has 3 aliphatic rings. The van der Waals surface area contributed by atoms with Gasteiger partial charge in [0.15, 0.2) is 0 Å². The Kier molecular flexibility index (Phi) is 3.78. The van der Waals surface area contributed by atoms with E-state index in [4.69, 9.17) is 0 Å². The highest BCUT2D eigenvalue weighted by molar-refractivity contribution is 6.00. The molecule has 1 aliphatic carbocycles. The molecule has 114 valence electrons. The van der Waals surface area contributed by atoms with Gasteiger partial charge in [0.1, 0.15) is 12.0 Å². The Labute approximate surface area is 121 Å². The second-order valence-corrected chi connectivity index (χ2v) is 5.81. The highest BCUT2D eigenvalue weighted by Gasteiger charge is 2.38. The topological polar surface area (TPSA) is 49.4 Å². The van der Waals surface area contributed by atoms with E-state index in [0.717, 1.165) is 25.9 Å². The van der Waals surface area contributed by atoms with E-state index in [0.29, 0.717) is 5.70 Å². The fraction of sp³-hybridized carbons (Fsp3) is 0.600. The van der Waals surface area contributed by atoms with E-state index in [1.807, 2.05) is 4.90 Å². The van der Waals surface area contributed by atoms with E-state index >= 15 is 0 Å². The van der Waals surface area contributed by atoms with Gasteiger partial charge in [-0.25, -0.2) is 8.78 Å². The first-order valence-corrected chi connectivity index (χ1v) is 7.39. The second kappa shape index (κ2) is 5.58. The van der Waals surface area contributed by atoms with Crippen LogP contribution in [-0.4, -0.2) is 36.0 Å². The van der Waals surface area contributed by atoms with E-state index in [9.17, 15) is 18.4 Å². The summed E-state index contributed by atoms with van der Waals surface area (Å²) in [5.74, 6) is -2.48. The minimum absolute atomic E-state index is 0.0945. The van der Waals surface area contributed by atoms with Crippen LogP contribution in [0.3, 0.4) is 0 Å². The summed E-state index contributed by atoms with van der Waals surface area (Å²) in [6.45, 7) is 1.67. The van der Waals surface area contributed by atoms with E-state index in [1.165, 1.54) is 6.08 Å². The van der Waals surface area contributed by atoms with Gasteiger partial charge in [0.2, 0.25) is 11.8 Å². The number of piperidine rings is 1. The number of allylic oxidation sites excluding steroid dienone is 3. The van der Waals surface area contributed by atoms with Crippen LogP contribution in [0.15, 0.2) is 23.2 Å². The molecule has 2 atom stereocenters. The van der Waals surface area contributed by atoms with Crippen LogP contribution in [0.2, 0.25) is 0 Å². The summed E-state index contributed by atoms with van der Waals surface area (Å²) >= 11 is 0. The second-order valence-electron chi connectivity index (χ2n) is 5.81. The van der Waals surface area contributed by atoms with Crippen molar-refractivity contribution in [2.75, 3.05) is 13.1 Å². The number of amides is 2. The molecule has 1 N–H and O–H groups in total. The highest BCUT2D eigenvalue weighted by atomic mass is 19.1. The van der Waals surface area contributed by atoms with Crippen molar-refractivity contribution in [1.29, 1.82) is 0 Å². The van der Waals surface area contributed by atoms with Gasteiger partial charge in [-0.05, 0) is 25.3 Å². The van der Waals surface area contributed by atoms with Crippen molar-refractivity contribution < 1.29 is 18.4 Å². The molecule has 2 fully saturated rings. The van der Waals surface area contributed by atoms with Gasteiger partial charge < -0.3 is 4.90 Å². The van der Waals surface area contributed by atoms with Crippen molar-refractivity contribution in [1.82, 2.24) is 10.2 Å². The molecule has 2 aliphatic heterocycles. The minimum atomic E-state index is -1.49. The first kappa shape index (κ1) is 14.2. The molecule has 2 heterocycles.